The standard InChI is InChI=1S/C19H16ClN5/c1-13(14-6-3-2-4-7-14)24-18-17-11-23-25(19(17)22-12-21-18)16-9-5-8-15(20)10-16/h2-13H,1H3,(H,21,22,24). The van der Waals surface area contributed by atoms with Crippen LogP contribution in [0.5, 0.6) is 0 Å². The highest BCUT2D eigenvalue weighted by Gasteiger charge is 2.13. The van der Waals surface area contributed by atoms with Gasteiger partial charge in [-0.05, 0) is 30.7 Å². The van der Waals surface area contributed by atoms with Gasteiger partial charge in [-0.25, -0.2) is 14.6 Å². The van der Waals surface area contributed by atoms with Gasteiger partial charge in [0.1, 0.15) is 12.1 Å². The highest BCUT2D eigenvalue weighted by Crippen LogP contribution is 2.26. The Morgan fingerprint density at radius 2 is 1.88 bits per heavy atom. The van der Waals surface area contributed by atoms with Crippen LogP contribution in [-0.2, 0) is 0 Å². The maximum absolute atomic E-state index is 6.09. The topological polar surface area (TPSA) is 55.6 Å². The highest BCUT2D eigenvalue weighted by molar-refractivity contribution is 6.30. The third-order valence-electron chi connectivity index (χ3n) is 4.07. The van der Waals surface area contributed by atoms with E-state index in [1.165, 1.54) is 5.56 Å². The zero-order chi connectivity index (χ0) is 17.2. The minimum absolute atomic E-state index is 0.119. The second-order valence-electron chi connectivity index (χ2n) is 5.77. The van der Waals surface area contributed by atoms with E-state index in [1.54, 1.807) is 17.2 Å². The van der Waals surface area contributed by atoms with Crippen LogP contribution in [0.15, 0.2) is 67.1 Å². The van der Waals surface area contributed by atoms with E-state index in [4.69, 9.17) is 11.6 Å². The summed E-state index contributed by atoms with van der Waals surface area (Å²) in [7, 11) is 0. The number of benzene rings is 2. The molecule has 5 nitrogen and oxygen atoms in total. The first-order chi connectivity index (χ1) is 12.2. The van der Waals surface area contributed by atoms with Gasteiger partial charge in [-0.2, -0.15) is 5.10 Å². The van der Waals surface area contributed by atoms with Crippen LogP contribution in [0.25, 0.3) is 16.7 Å². The zero-order valence-electron chi connectivity index (χ0n) is 13.6. The normalized spacial score (nSPS) is 12.2. The fraction of sp³-hybridized carbons (Fsp3) is 0.105. The van der Waals surface area contributed by atoms with Crippen molar-refractivity contribution < 1.29 is 0 Å². The summed E-state index contributed by atoms with van der Waals surface area (Å²) in [6.45, 7) is 2.10. The fourth-order valence-electron chi connectivity index (χ4n) is 2.79. The Morgan fingerprint density at radius 3 is 2.68 bits per heavy atom. The van der Waals surface area contributed by atoms with Gasteiger partial charge in [0, 0.05) is 11.1 Å². The summed E-state index contributed by atoms with van der Waals surface area (Å²) in [5, 5.41) is 9.43. The van der Waals surface area contributed by atoms with E-state index in [2.05, 4.69) is 39.4 Å². The Labute approximate surface area is 150 Å². The van der Waals surface area contributed by atoms with E-state index in [0.717, 1.165) is 22.5 Å². The molecule has 4 rings (SSSR count). The van der Waals surface area contributed by atoms with Gasteiger partial charge in [0.2, 0.25) is 0 Å². The largest absolute Gasteiger partial charge is 0.363 e. The van der Waals surface area contributed by atoms with Gasteiger partial charge >= 0.3 is 0 Å². The van der Waals surface area contributed by atoms with Crippen molar-refractivity contribution in [1.82, 2.24) is 19.7 Å². The number of anilines is 1. The van der Waals surface area contributed by atoms with Crippen LogP contribution in [0.2, 0.25) is 5.02 Å². The number of halogens is 1. The van der Waals surface area contributed by atoms with Crippen molar-refractivity contribution in [2.45, 2.75) is 13.0 Å². The molecule has 0 saturated heterocycles. The van der Waals surface area contributed by atoms with Gasteiger partial charge in [-0.1, -0.05) is 48.0 Å². The molecular weight excluding hydrogens is 334 g/mol. The Hall–Kier alpha value is -2.92. The maximum Gasteiger partial charge on any atom is 0.168 e. The van der Waals surface area contributed by atoms with E-state index >= 15 is 0 Å². The van der Waals surface area contributed by atoms with E-state index in [9.17, 15) is 0 Å². The predicted molar refractivity (Wildman–Crippen MR) is 100 cm³/mol. The molecule has 124 valence electrons. The first-order valence-corrected chi connectivity index (χ1v) is 8.36. The molecule has 0 saturated carbocycles. The molecule has 2 aromatic carbocycles. The first kappa shape index (κ1) is 15.6. The lowest BCUT2D eigenvalue weighted by Crippen LogP contribution is -2.08. The molecule has 6 heteroatoms. The predicted octanol–water partition coefficient (Wildman–Crippen LogP) is 4.64. The van der Waals surface area contributed by atoms with Crippen LogP contribution < -0.4 is 5.32 Å². The van der Waals surface area contributed by atoms with Gasteiger partial charge < -0.3 is 5.32 Å². The Kier molecular flexibility index (Phi) is 4.07. The van der Waals surface area contributed by atoms with Crippen LogP contribution in [0.1, 0.15) is 18.5 Å². The second kappa shape index (κ2) is 6.53. The van der Waals surface area contributed by atoms with Crippen molar-refractivity contribution in [2.24, 2.45) is 0 Å². The van der Waals surface area contributed by atoms with Crippen LogP contribution in [0.3, 0.4) is 0 Å². The van der Waals surface area contributed by atoms with E-state index < -0.39 is 0 Å². The summed E-state index contributed by atoms with van der Waals surface area (Å²) in [6, 6.07) is 17.9. The zero-order valence-corrected chi connectivity index (χ0v) is 14.4. The number of rotatable bonds is 4. The summed E-state index contributed by atoms with van der Waals surface area (Å²) in [5.41, 5.74) is 2.79. The second-order valence-corrected chi connectivity index (χ2v) is 6.21. The molecule has 4 aromatic rings. The lowest BCUT2D eigenvalue weighted by atomic mass is 10.1. The van der Waals surface area contributed by atoms with Crippen LogP contribution in [0, 0.1) is 0 Å². The molecule has 0 aliphatic heterocycles. The molecule has 0 aliphatic rings. The number of aromatic nitrogens is 4. The van der Waals surface area contributed by atoms with Crippen molar-refractivity contribution in [3.05, 3.63) is 77.7 Å². The number of hydrogen-bond donors (Lipinski definition) is 1. The molecule has 0 aliphatic carbocycles. The minimum Gasteiger partial charge on any atom is -0.363 e. The number of nitrogens with one attached hydrogen (secondary N) is 1. The fourth-order valence-corrected chi connectivity index (χ4v) is 2.97. The SMILES string of the molecule is CC(Nc1ncnc2c1cnn2-c1cccc(Cl)c1)c1ccccc1. The average molecular weight is 350 g/mol. The molecule has 1 atom stereocenters. The summed E-state index contributed by atoms with van der Waals surface area (Å²) in [5.74, 6) is 0.759. The third-order valence-corrected chi connectivity index (χ3v) is 4.31. The van der Waals surface area contributed by atoms with Gasteiger partial charge in [0.05, 0.1) is 17.3 Å². The lowest BCUT2D eigenvalue weighted by molar-refractivity contribution is 0.874. The van der Waals surface area contributed by atoms with Gasteiger partial charge in [-0.15, -0.1) is 0 Å². The van der Waals surface area contributed by atoms with E-state index in [-0.39, 0.29) is 6.04 Å². The van der Waals surface area contributed by atoms with Crippen molar-refractivity contribution in [2.75, 3.05) is 5.32 Å². The van der Waals surface area contributed by atoms with E-state index in [0.29, 0.717) is 5.02 Å². The van der Waals surface area contributed by atoms with Crippen molar-refractivity contribution >= 4 is 28.5 Å². The molecule has 1 unspecified atom stereocenters. The monoisotopic (exact) mass is 349 g/mol. The molecule has 0 radical (unpaired) electrons. The van der Waals surface area contributed by atoms with E-state index in [1.807, 2.05) is 42.5 Å². The molecular formula is C19H16ClN5. The Balaban J connectivity index is 1.72. The van der Waals surface area contributed by atoms with Crippen LogP contribution >= 0.6 is 11.6 Å². The van der Waals surface area contributed by atoms with Crippen molar-refractivity contribution in [3.8, 4) is 5.69 Å². The quantitative estimate of drug-likeness (QED) is 0.583. The van der Waals surface area contributed by atoms with Gasteiger partial charge in [0.15, 0.2) is 5.65 Å². The van der Waals surface area contributed by atoms with Gasteiger partial charge in [-0.3, -0.25) is 0 Å². The number of nitrogens with zero attached hydrogens (tertiary/aromatic N) is 4. The smallest absolute Gasteiger partial charge is 0.168 e. The number of fused-ring (bicyclic) bond motifs is 1. The lowest BCUT2D eigenvalue weighted by Gasteiger charge is -2.15. The molecule has 2 aromatic heterocycles. The Bertz CT molecular complexity index is 1010. The molecule has 0 fully saturated rings. The van der Waals surface area contributed by atoms with Gasteiger partial charge in [0.25, 0.3) is 0 Å². The highest BCUT2D eigenvalue weighted by atomic mass is 35.5. The summed E-state index contributed by atoms with van der Waals surface area (Å²) in [4.78, 5) is 8.79. The summed E-state index contributed by atoms with van der Waals surface area (Å²) in [6.07, 6.45) is 3.32. The third kappa shape index (κ3) is 3.06. The molecule has 2 heterocycles. The maximum atomic E-state index is 6.09. The molecule has 0 bridgehead atoms. The molecule has 0 spiro atoms. The number of hydrogen-bond acceptors (Lipinski definition) is 4. The minimum atomic E-state index is 0.119. The average Bonchev–Trinajstić information content (AvgIpc) is 3.07. The molecule has 0 amide bonds. The van der Waals surface area contributed by atoms with Crippen LogP contribution in [0.4, 0.5) is 5.82 Å². The molecule has 1 N–H and O–H groups in total. The summed E-state index contributed by atoms with van der Waals surface area (Å²) >= 11 is 6.09. The van der Waals surface area contributed by atoms with Crippen LogP contribution in [-0.4, -0.2) is 19.7 Å². The molecule has 25 heavy (non-hydrogen) atoms. The first-order valence-electron chi connectivity index (χ1n) is 7.98. The van der Waals surface area contributed by atoms with Crippen molar-refractivity contribution in [1.29, 1.82) is 0 Å². The Morgan fingerprint density at radius 1 is 1.04 bits per heavy atom. The van der Waals surface area contributed by atoms with Crippen molar-refractivity contribution in [3.63, 3.8) is 0 Å². The summed E-state index contributed by atoms with van der Waals surface area (Å²) < 4.78 is 1.77.